The lowest BCUT2D eigenvalue weighted by Crippen LogP contribution is -2.48. The van der Waals surface area contributed by atoms with Crippen LogP contribution in [-0.2, 0) is 6.54 Å². The largest absolute Gasteiger partial charge is 0.335 e. The highest BCUT2D eigenvalue weighted by molar-refractivity contribution is 9.10. The maximum absolute atomic E-state index is 12.4. The molecule has 1 aromatic carbocycles. The van der Waals surface area contributed by atoms with Gasteiger partial charge in [0.1, 0.15) is 5.69 Å². The van der Waals surface area contributed by atoms with E-state index in [0.717, 1.165) is 37.2 Å². The van der Waals surface area contributed by atoms with Gasteiger partial charge in [0.2, 0.25) is 0 Å². The van der Waals surface area contributed by atoms with Crippen molar-refractivity contribution in [2.24, 2.45) is 0 Å². The van der Waals surface area contributed by atoms with Crippen LogP contribution in [0.3, 0.4) is 0 Å². The highest BCUT2D eigenvalue weighted by atomic mass is 79.9. The van der Waals surface area contributed by atoms with Crippen LogP contribution in [0.4, 0.5) is 0 Å². The highest BCUT2D eigenvalue weighted by Crippen LogP contribution is 2.16. The number of amides is 1. The number of benzene rings is 1. The molecule has 1 aliphatic heterocycles. The van der Waals surface area contributed by atoms with Crippen LogP contribution in [0.25, 0.3) is 0 Å². The van der Waals surface area contributed by atoms with Crippen LogP contribution in [0, 0.1) is 0 Å². The first-order valence-electron chi connectivity index (χ1n) is 6.98. The fourth-order valence-corrected chi connectivity index (χ4v) is 2.89. The van der Waals surface area contributed by atoms with E-state index in [2.05, 4.69) is 55.3 Å². The van der Waals surface area contributed by atoms with E-state index in [1.807, 2.05) is 11.0 Å². The van der Waals surface area contributed by atoms with Crippen molar-refractivity contribution in [3.8, 4) is 0 Å². The number of nitrogens with zero attached hydrogens (tertiary/aromatic N) is 3. The number of halogens is 1. The monoisotopic (exact) mass is 348 g/mol. The van der Waals surface area contributed by atoms with Gasteiger partial charge in [-0.05, 0) is 21.5 Å². The summed E-state index contributed by atoms with van der Waals surface area (Å²) in [5.74, 6) is 0.0127. The molecule has 5 nitrogen and oxygen atoms in total. The summed E-state index contributed by atoms with van der Waals surface area (Å²) < 4.78 is 0.721. The average Bonchev–Trinajstić information content (AvgIpc) is 2.94. The minimum Gasteiger partial charge on any atom is -0.335 e. The Morgan fingerprint density at radius 3 is 2.52 bits per heavy atom. The SMILES string of the molecule is O=C(c1[nH]ncc1Br)N1CCN(Cc2ccccc2)CC1. The van der Waals surface area contributed by atoms with Gasteiger partial charge in [0, 0.05) is 32.7 Å². The molecular formula is C15H17BrN4O. The molecule has 0 bridgehead atoms. The zero-order valence-corrected chi connectivity index (χ0v) is 13.2. The smallest absolute Gasteiger partial charge is 0.273 e. The number of aromatic nitrogens is 2. The van der Waals surface area contributed by atoms with Crippen molar-refractivity contribution >= 4 is 21.8 Å². The van der Waals surface area contributed by atoms with Crippen LogP contribution in [-0.4, -0.2) is 52.1 Å². The maximum Gasteiger partial charge on any atom is 0.273 e. The predicted octanol–water partition coefficient (Wildman–Crippen LogP) is 2.13. The number of hydrogen-bond acceptors (Lipinski definition) is 3. The van der Waals surface area contributed by atoms with Crippen LogP contribution in [0.5, 0.6) is 0 Å². The molecule has 1 aliphatic rings. The second-order valence-corrected chi connectivity index (χ2v) is 6.00. The Kier molecular flexibility index (Phi) is 4.36. The summed E-state index contributed by atoms with van der Waals surface area (Å²) in [6, 6.07) is 10.4. The van der Waals surface area contributed by atoms with Crippen molar-refractivity contribution in [1.29, 1.82) is 0 Å². The molecule has 0 radical (unpaired) electrons. The van der Waals surface area contributed by atoms with Gasteiger partial charge >= 0.3 is 0 Å². The Morgan fingerprint density at radius 2 is 1.90 bits per heavy atom. The first kappa shape index (κ1) is 14.3. The maximum atomic E-state index is 12.4. The van der Waals surface area contributed by atoms with E-state index in [-0.39, 0.29) is 5.91 Å². The summed E-state index contributed by atoms with van der Waals surface area (Å²) in [6.45, 7) is 4.23. The van der Waals surface area contributed by atoms with Gasteiger partial charge in [-0.1, -0.05) is 30.3 Å². The molecule has 0 aliphatic carbocycles. The van der Waals surface area contributed by atoms with E-state index >= 15 is 0 Å². The van der Waals surface area contributed by atoms with Crippen LogP contribution in [0.15, 0.2) is 41.0 Å². The van der Waals surface area contributed by atoms with Crippen LogP contribution >= 0.6 is 15.9 Å². The van der Waals surface area contributed by atoms with Gasteiger partial charge in [-0.25, -0.2) is 0 Å². The quantitative estimate of drug-likeness (QED) is 0.924. The van der Waals surface area contributed by atoms with Crippen LogP contribution < -0.4 is 0 Å². The van der Waals surface area contributed by atoms with E-state index in [0.29, 0.717) is 5.69 Å². The number of rotatable bonds is 3. The van der Waals surface area contributed by atoms with Gasteiger partial charge in [-0.2, -0.15) is 5.10 Å². The van der Waals surface area contributed by atoms with E-state index in [4.69, 9.17) is 0 Å². The van der Waals surface area contributed by atoms with E-state index in [1.165, 1.54) is 5.56 Å². The third kappa shape index (κ3) is 3.33. The second kappa shape index (κ2) is 6.41. The fraction of sp³-hybridized carbons (Fsp3) is 0.333. The molecule has 1 saturated heterocycles. The molecule has 1 fully saturated rings. The Hall–Kier alpha value is -1.66. The topological polar surface area (TPSA) is 52.2 Å². The average molecular weight is 349 g/mol. The van der Waals surface area contributed by atoms with Crippen molar-refractivity contribution in [2.45, 2.75) is 6.54 Å². The molecule has 6 heteroatoms. The first-order valence-corrected chi connectivity index (χ1v) is 7.78. The third-order valence-electron chi connectivity index (χ3n) is 3.72. The normalized spacial score (nSPS) is 16.1. The van der Waals surface area contributed by atoms with Crippen molar-refractivity contribution in [1.82, 2.24) is 20.0 Å². The van der Waals surface area contributed by atoms with Crippen LogP contribution in [0.1, 0.15) is 16.1 Å². The molecule has 21 heavy (non-hydrogen) atoms. The van der Waals surface area contributed by atoms with Gasteiger partial charge < -0.3 is 4.90 Å². The molecule has 3 rings (SSSR count). The Balaban J connectivity index is 1.56. The zero-order chi connectivity index (χ0) is 14.7. The minimum absolute atomic E-state index is 0.0127. The molecule has 1 N–H and O–H groups in total. The lowest BCUT2D eigenvalue weighted by molar-refractivity contribution is 0.0622. The lowest BCUT2D eigenvalue weighted by atomic mass is 10.2. The van der Waals surface area contributed by atoms with Crippen molar-refractivity contribution in [3.05, 3.63) is 52.3 Å². The molecular weight excluding hydrogens is 332 g/mol. The molecule has 0 saturated carbocycles. The number of nitrogens with one attached hydrogen (secondary N) is 1. The Bertz CT molecular complexity index is 605. The number of H-pyrrole nitrogens is 1. The summed E-state index contributed by atoms with van der Waals surface area (Å²) in [7, 11) is 0. The molecule has 1 amide bonds. The summed E-state index contributed by atoms with van der Waals surface area (Å²) in [5, 5.41) is 6.63. The number of hydrogen-bond donors (Lipinski definition) is 1. The second-order valence-electron chi connectivity index (χ2n) is 5.15. The lowest BCUT2D eigenvalue weighted by Gasteiger charge is -2.34. The molecule has 0 atom stereocenters. The Labute approximate surface area is 132 Å². The number of carbonyl (C=O) groups excluding carboxylic acids is 1. The van der Waals surface area contributed by atoms with Gasteiger partial charge in [-0.15, -0.1) is 0 Å². The van der Waals surface area contributed by atoms with Gasteiger partial charge in [-0.3, -0.25) is 14.8 Å². The van der Waals surface area contributed by atoms with E-state index in [9.17, 15) is 4.79 Å². The summed E-state index contributed by atoms with van der Waals surface area (Å²) in [5.41, 5.74) is 1.85. The van der Waals surface area contributed by atoms with Gasteiger partial charge in [0.25, 0.3) is 5.91 Å². The number of carbonyl (C=O) groups is 1. The summed E-state index contributed by atoms with van der Waals surface area (Å²) in [6.07, 6.45) is 1.61. The number of piperazine rings is 1. The third-order valence-corrected chi connectivity index (χ3v) is 4.32. The van der Waals surface area contributed by atoms with Crippen molar-refractivity contribution in [3.63, 3.8) is 0 Å². The molecule has 0 unspecified atom stereocenters. The van der Waals surface area contributed by atoms with Crippen molar-refractivity contribution < 1.29 is 4.79 Å². The summed E-state index contributed by atoms with van der Waals surface area (Å²) in [4.78, 5) is 16.6. The predicted molar refractivity (Wildman–Crippen MR) is 83.9 cm³/mol. The van der Waals surface area contributed by atoms with Gasteiger partial charge in [0.05, 0.1) is 10.7 Å². The zero-order valence-electron chi connectivity index (χ0n) is 11.6. The molecule has 110 valence electrons. The molecule has 0 spiro atoms. The standard InChI is InChI=1S/C15H17BrN4O/c16-13-10-17-18-14(13)15(21)20-8-6-19(7-9-20)11-12-4-2-1-3-5-12/h1-5,10H,6-9,11H2,(H,17,18). The molecule has 2 heterocycles. The van der Waals surface area contributed by atoms with Gasteiger partial charge in [0.15, 0.2) is 0 Å². The minimum atomic E-state index is 0.0127. The van der Waals surface area contributed by atoms with E-state index in [1.54, 1.807) is 6.20 Å². The first-order chi connectivity index (χ1) is 10.2. The highest BCUT2D eigenvalue weighted by Gasteiger charge is 2.24. The number of aromatic amines is 1. The fourth-order valence-electron chi connectivity index (χ4n) is 2.53. The molecule has 2 aromatic rings. The van der Waals surface area contributed by atoms with Crippen molar-refractivity contribution in [2.75, 3.05) is 26.2 Å². The molecule has 1 aromatic heterocycles. The summed E-state index contributed by atoms with van der Waals surface area (Å²) >= 11 is 3.34. The van der Waals surface area contributed by atoms with Crippen LogP contribution in [0.2, 0.25) is 0 Å². The Morgan fingerprint density at radius 1 is 1.19 bits per heavy atom. The van der Waals surface area contributed by atoms with E-state index < -0.39 is 0 Å².